The number of hydrogen-bond donors (Lipinski definition) is 3. The molecule has 2 rings (SSSR count). The van der Waals surface area contributed by atoms with Gasteiger partial charge in [0.2, 0.25) is 5.91 Å². The lowest BCUT2D eigenvalue weighted by molar-refractivity contribution is -0.125. The third kappa shape index (κ3) is 6.02. The summed E-state index contributed by atoms with van der Waals surface area (Å²) >= 11 is 0. The number of nitrogens with one attached hydrogen (secondary N) is 3. The molecule has 0 spiro atoms. The van der Waals surface area contributed by atoms with Crippen molar-refractivity contribution in [2.75, 3.05) is 23.7 Å². The van der Waals surface area contributed by atoms with Gasteiger partial charge in [-0.05, 0) is 44.0 Å². The highest BCUT2D eigenvalue weighted by Crippen LogP contribution is 2.12. The Hall–Kier alpha value is -2.70. The van der Waals surface area contributed by atoms with E-state index in [1.165, 1.54) is 0 Å². The van der Waals surface area contributed by atoms with Gasteiger partial charge >= 0.3 is 0 Å². The van der Waals surface area contributed by atoms with Crippen LogP contribution in [0.5, 0.6) is 0 Å². The van der Waals surface area contributed by atoms with E-state index in [-0.39, 0.29) is 11.8 Å². The summed E-state index contributed by atoms with van der Waals surface area (Å²) in [4.78, 5) is 16.2. The van der Waals surface area contributed by atoms with Gasteiger partial charge in [0.05, 0.1) is 0 Å². The van der Waals surface area contributed by atoms with Crippen LogP contribution < -0.4 is 16.0 Å². The average Bonchev–Trinajstić information content (AvgIpc) is 2.61. The van der Waals surface area contributed by atoms with Gasteiger partial charge in [0.1, 0.15) is 11.6 Å². The summed E-state index contributed by atoms with van der Waals surface area (Å²) in [5, 5.41) is 17.4. The third-order valence-electron chi connectivity index (χ3n) is 3.90. The predicted molar refractivity (Wildman–Crippen MR) is 99.9 cm³/mol. The third-order valence-corrected chi connectivity index (χ3v) is 3.90. The van der Waals surface area contributed by atoms with E-state index in [4.69, 9.17) is 0 Å². The molecule has 25 heavy (non-hydrogen) atoms. The first-order valence-electron chi connectivity index (χ1n) is 8.68. The van der Waals surface area contributed by atoms with Gasteiger partial charge in [-0.25, -0.2) is 4.98 Å². The number of anilines is 3. The van der Waals surface area contributed by atoms with E-state index < -0.39 is 0 Å². The summed E-state index contributed by atoms with van der Waals surface area (Å²) in [6.45, 7) is 7.16. The first-order valence-corrected chi connectivity index (χ1v) is 8.68. The van der Waals surface area contributed by atoms with Crippen molar-refractivity contribution >= 4 is 23.4 Å². The molecule has 2 heterocycles. The Balaban J connectivity index is 1.76. The molecule has 0 bridgehead atoms. The zero-order valence-electron chi connectivity index (χ0n) is 15.0. The number of rotatable bonds is 9. The summed E-state index contributed by atoms with van der Waals surface area (Å²) in [6, 6.07) is 9.43. The average molecular weight is 342 g/mol. The Morgan fingerprint density at radius 1 is 1.00 bits per heavy atom. The van der Waals surface area contributed by atoms with E-state index in [2.05, 4.69) is 31.1 Å². The number of carbonyl (C=O) groups excluding carboxylic acids is 1. The molecule has 0 aliphatic heterocycles. The van der Waals surface area contributed by atoms with Gasteiger partial charge in [-0.1, -0.05) is 19.9 Å². The second-order valence-electron chi connectivity index (χ2n) is 5.82. The standard InChI is InChI=1S/C18H26N6O/c1-4-14(5-2)18(25)20-12-11-19-15-9-10-17(24-23-15)22-16-8-6-7-13(3)21-16/h6-10,14H,4-5,11-12H2,1-3H3,(H,19,23)(H,20,25)(H,21,22,24). The molecule has 0 aromatic carbocycles. The van der Waals surface area contributed by atoms with Gasteiger partial charge in [-0.15, -0.1) is 10.2 Å². The van der Waals surface area contributed by atoms with Crippen LogP contribution in [0.3, 0.4) is 0 Å². The van der Waals surface area contributed by atoms with E-state index >= 15 is 0 Å². The van der Waals surface area contributed by atoms with Crippen LogP contribution in [0.4, 0.5) is 17.5 Å². The number of pyridine rings is 1. The first kappa shape index (κ1) is 18.6. The molecular weight excluding hydrogens is 316 g/mol. The second kappa shape index (κ2) is 9.56. The summed E-state index contributed by atoms with van der Waals surface area (Å²) < 4.78 is 0. The lowest BCUT2D eigenvalue weighted by Crippen LogP contribution is -2.33. The monoisotopic (exact) mass is 342 g/mol. The molecule has 0 atom stereocenters. The van der Waals surface area contributed by atoms with Crippen LogP contribution in [-0.2, 0) is 4.79 Å². The highest BCUT2D eigenvalue weighted by molar-refractivity contribution is 5.78. The summed E-state index contributed by atoms with van der Waals surface area (Å²) in [6.07, 6.45) is 1.73. The van der Waals surface area contributed by atoms with Gasteiger partial charge in [0, 0.05) is 24.7 Å². The molecule has 2 aromatic rings. The van der Waals surface area contributed by atoms with Crippen LogP contribution in [0, 0.1) is 12.8 Å². The second-order valence-corrected chi connectivity index (χ2v) is 5.82. The fourth-order valence-corrected chi connectivity index (χ4v) is 2.42. The number of hydrogen-bond acceptors (Lipinski definition) is 6. The highest BCUT2D eigenvalue weighted by atomic mass is 16.1. The predicted octanol–water partition coefficient (Wildman–Crippen LogP) is 2.89. The van der Waals surface area contributed by atoms with Crippen molar-refractivity contribution in [2.45, 2.75) is 33.6 Å². The molecule has 0 fully saturated rings. The topological polar surface area (TPSA) is 91.8 Å². The van der Waals surface area contributed by atoms with Crippen molar-refractivity contribution in [1.29, 1.82) is 0 Å². The first-order chi connectivity index (χ1) is 12.1. The van der Waals surface area contributed by atoms with E-state index in [1.807, 2.05) is 51.1 Å². The van der Waals surface area contributed by atoms with Gasteiger partial charge < -0.3 is 16.0 Å². The Bertz CT molecular complexity index is 670. The number of amides is 1. The molecular formula is C18H26N6O. The van der Waals surface area contributed by atoms with Gasteiger partial charge in [-0.2, -0.15) is 0 Å². The molecule has 7 heteroatoms. The lowest BCUT2D eigenvalue weighted by Gasteiger charge is -2.13. The Morgan fingerprint density at radius 2 is 1.72 bits per heavy atom. The van der Waals surface area contributed by atoms with E-state index in [1.54, 1.807) is 0 Å². The fourth-order valence-electron chi connectivity index (χ4n) is 2.42. The van der Waals surface area contributed by atoms with Crippen LogP contribution in [0.25, 0.3) is 0 Å². The minimum atomic E-state index is 0.0976. The smallest absolute Gasteiger partial charge is 0.223 e. The van der Waals surface area contributed by atoms with Crippen molar-refractivity contribution in [3.63, 3.8) is 0 Å². The van der Waals surface area contributed by atoms with Crippen LogP contribution in [0.1, 0.15) is 32.4 Å². The molecule has 0 saturated carbocycles. The SMILES string of the molecule is CCC(CC)C(=O)NCCNc1ccc(Nc2cccc(C)n2)nn1. The van der Waals surface area contributed by atoms with Crippen molar-refractivity contribution in [3.05, 3.63) is 36.0 Å². The largest absolute Gasteiger partial charge is 0.367 e. The fraction of sp³-hybridized carbons (Fsp3) is 0.444. The zero-order chi connectivity index (χ0) is 18.1. The van der Waals surface area contributed by atoms with E-state index in [0.717, 1.165) is 24.4 Å². The molecule has 134 valence electrons. The van der Waals surface area contributed by atoms with Crippen LogP contribution in [0.2, 0.25) is 0 Å². The number of aryl methyl sites for hydroxylation is 1. The Labute approximate surface area is 148 Å². The lowest BCUT2D eigenvalue weighted by atomic mass is 10.0. The Morgan fingerprint density at radius 3 is 2.36 bits per heavy atom. The number of nitrogens with zero attached hydrogens (tertiary/aromatic N) is 3. The molecule has 2 aromatic heterocycles. The summed E-state index contributed by atoms with van der Waals surface area (Å²) in [5.41, 5.74) is 0.937. The van der Waals surface area contributed by atoms with Crippen molar-refractivity contribution in [2.24, 2.45) is 5.92 Å². The molecule has 7 nitrogen and oxygen atoms in total. The molecule has 0 saturated heterocycles. The van der Waals surface area contributed by atoms with Crippen LogP contribution in [-0.4, -0.2) is 34.2 Å². The molecule has 0 aliphatic carbocycles. The summed E-state index contributed by atoms with van der Waals surface area (Å²) in [5.74, 6) is 2.24. The van der Waals surface area contributed by atoms with Crippen molar-refractivity contribution < 1.29 is 4.79 Å². The van der Waals surface area contributed by atoms with Crippen molar-refractivity contribution in [1.82, 2.24) is 20.5 Å². The summed E-state index contributed by atoms with van der Waals surface area (Å²) in [7, 11) is 0. The molecule has 0 unspecified atom stereocenters. The van der Waals surface area contributed by atoms with E-state index in [9.17, 15) is 4.79 Å². The van der Waals surface area contributed by atoms with Crippen LogP contribution in [0.15, 0.2) is 30.3 Å². The minimum absolute atomic E-state index is 0.0976. The van der Waals surface area contributed by atoms with Gasteiger partial charge in [0.25, 0.3) is 0 Å². The minimum Gasteiger partial charge on any atom is -0.367 e. The molecule has 0 aliphatic rings. The highest BCUT2D eigenvalue weighted by Gasteiger charge is 2.12. The number of carbonyl (C=O) groups is 1. The van der Waals surface area contributed by atoms with E-state index in [0.29, 0.717) is 24.7 Å². The van der Waals surface area contributed by atoms with Crippen LogP contribution >= 0.6 is 0 Å². The maximum atomic E-state index is 11.9. The normalized spacial score (nSPS) is 10.6. The number of aromatic nitrogens is 3. The molecule has 3 N–H and O–H groups in total. The van der Waals surface area contributed by atoms with Gasteiger partial charge in [0.15, 0.2) is 5.82 Å². The van der Waals surface area contributed by atoms with Crippen molar-refractivity contribution in [3.8, 4) is 0 Å². The molecule has 1 amide bonds. The quantitative estimate of drug-likeness (QED) is 0.607. The zero-order valence-corrected chi connectivity index (χ0v) is 15.0. The maximum absolute atomic E-state index is 11.9. The molecule has 0 radical (unpaired) electrons. The Kier molecular flexibility index (Phi) is 7.13. The van der Waals surface area contributed by atoms with Gasteiger partial charge in [-0.3, -0.25) is 4.79 Å². The maximum Gasteiger partial charge on any atom is 0.223 e.